The zero-order valence-corrected chi connectivity index (χ0v) is 11.8. The monoisotopic (exact) mass is 273 g/mol. The van der Waals surface area contributed by atoms with Gasteiger partial charge >= 0.3 is 0 Å². The minimum Gasteiger partial charge on any atom is -0.330 e. The largest absolute Gasteiger partial charge is 0.330 e. The molecule has 0 atom stereocenters. The van der Waals surface area contributed by atoms with Gasteiger partial charge in [0, 0.05) is 30.9 Å². The van der Waals surface area contributed by atoms with E-state index < -0.39 is 0 Å². The summed E-state index contributed by atoms with van der Waals surface area (Å²) in [6, 6.07) is 10.7. The third-order valence-electron chi connectivity index (χ3n) is 3.46. The van der Waals surface area contributed by atoms with Crippen molar-refractivity contribution in [2.24, 2.45) is 5.73 Å². The van der Waals surface area contributed by atoms with Gasteiger partial charge in [0.15, 0.2) is 0 Å². The molecule has 0 bridgehead atoms. The third-order valence-corrected chi connectivity index (χ3v) is 4.68. The highest BCUT2D eigenvalue weighted by Crippen LogP contribution is 2.26. The van der Waals surface area contributed by atoms with Gasteiger partial charge in [0.2, 0.25) is 0 Å². The second kappa shape index (κ2) is 5.82. The van der Waals surface area contributed by atoms with E-state index in [-0.39, 0.29) is 0 Å². The van der Waals surface area contributed by atoms with Gasteiger partial charge in [-0.05, 0) is 18.5 Å². The topological polar surface area (TPSA) is 42.1 Å². The number of hydrogen-bond acceptors (Lipinski definition) is 4. The highest BCUT2D eigenvalue weighted by Gasteiger charge is 2.20. The molecule has 19 heavy (non-hydrogen) atoms. The standard InChI is InChI=1S/C15H19N3S/c16-8-6-15-17-13-11-18(9-7-14(13)19-15)10-12-4-2-1-3-5-12/h1-5H,6-11,16H2. The summed E-state index contributed by atoms with van der Waals surface area (Å²) in [6.45, 7) is 3.82. The van der Waals surface area contributed by atoms with Gasteiger partial charge in [0.25, 0.3) is 0 Å². The van der Waals surface area contributed by atoms with Crippen LogP contribution in [0.25, 0.3) is 0 Å². The summed E-state index contributed by atoms with van der Waals surface area (Å²) in [7, 11) is 0. The summed E-state index contributed by atoms with van der Waals surface area (Å²) in [6.07, 6.45) is 2.04. The van der Waals surface area contributed by atoms with Crippen molar-refractivity contribution in [3.8, 4) is 0 Å². The fourth-order valence-corrected chi connectivity index (χ4v) is 3.59. The van der Waals surface area contributed by atoms with Gasteiger partial charge in [-0.25, -0.2) is 4.98 Å². The normalized spacial score (nSPS) is 15.4. The van der Waals surface area contributed by atoms with Crippen molar-refractivity contribution in [3.05, 3.63) is 51.5 Å². The van der Waals surface area contributed by atoms with Crippen LogP contribution in [0.3, 0.4) is 0 Å². The maximum absolute atomic E-state index is 5.60. The first-order valence-electron chi connectivity index (χ1n) is 6.79. The maximum atomic E-state index is 5.60. The first-order chi connectivity index (χ1) is 9.35. The molecule has 1 aliphatic heterocycles. The van der Waals surface area contributed by atoms with Gasteiger partial charge in [0.05, 0.1) is 10.7 Å². The lowest BCUT2D eigenvalue weighted by Gasteiger charge is -2.25. The Labute approximate surface area is 118 Å². The highest BCUT2D eigenvalue weighted by molar-refractivity contribution is 7.11. The van der Waals surface area contributed by atoms with Gasteiger partial charge < -0.3 is 5.73 Å². The highest BCUT2D eigenvalue weighted by atomic mass is 32.1. The van der Waals surface area contributed by atoms with E-state index >= 15 is 0 Å². The molecule has 0 amide bonds. The average Bonchev–Trinajstić information content (AvgIpc) is 2.82. The molecule has 4 heteroatoms. The molecule has 1 aromatic carbocycles. The number of aromatic nitrogens is 1. The van der Waals surface area contributed by atoms with Crippen LogP contribution in [0.2, 0.25) is 0 Å². The number of fused-ring (bicyclic) bond motifs is 1. The Morgan fingerprint density at radius 2 is 2.11 bits per heavy atom. The fraction of sp³-hybridized carbons (Fsp3) is 0.400. The first kappa shape index (κ1) is 12.8. The Kier molecular flexibility index (Phi) is 3.92. The van der Waals surface area contributed by atoms with Gasteiger partial charge in [-0.3, -0.25) is 4.90 Å². The van der Waals surface area contributed by atoms with Crippen LogP contribution in [0.15, 0.2) is 30.3 Å². The van der Waals surface area contributed by atoms with E-state index in [9.17, 15) is 0 Å². The average molecular weight is 273 g/mol. The lowest BCUT2D eigenvalue weighted by molar-refractivity contribution is 0.244. The predicted molar refractivity (Wildman–Crippen MR) is 79.1 cm³/mol. The van der Waals surface area contributed by atoms with E-state index in [1.807, 2.05) is 11.3 Å². The summed E-state index contributed by atoms with van der Waals surface area (Å²) in [5.74, 6) is 0. The van der Waals surface area contributed by atoms with Crippen LogP contribution >= 0.6 is 11.3 Å². The van der Waals surface area contributed by atoms with Crippen LogP contribution in [0, 0.1) is 0 Å². The molecule has 0 radical (unpaired) electrons. The third kappa shape index (κ3) is 3.03. The van der Waals surface area contributed by atoms with Crippen LogP contribution < -0.4 is 5.73 Å². The summed E-state index contributed by atoms with van der Waals surface area (Å²) in [4.78, 5) is 8.67. The summed E-state index contributed by atoms with van der Waals surface area (Å²) in [5, 5.41) is 1.20. The molecule has 0 saturated heterocycles. The molecule has 0 fully saturated rings. The minimum absolute atomic E-state index is 0.695. The Hall–Kier alpha value is -1.23. The predicted octanol–water partition coefficient (Wildman–Crippen LogP) is 2.20. The molecular weight excluding hydrogens is 254 g/mol. The number of rotatable bonds is 4. The van der Waals surface area contributed by atoms with Crippen molar-refractivity contribution in [2.45, 2.75) is 25.9 Å². The molecule has 0 aliphatic carbocycles. The van der Waals surface area contributed by atoms with Gasteiger partial charge in [0.1, 0.15) is 0 Å². The zero-order valence-electron chi connectivity index (χ0n) is 11.0. The van der Waals surface area contributed by atoms with E-state index in [1.54, 1.807) is 0 Å². The van der Waals surface area contributed by atoms with E-state index in [0.717, 1.165) is 32.5 Å². The second-order valence-electron chi connectivity index (χ2n) is 4.96. The smallest absolute Gasteiger partial charge is 0.0944 e. The van der Waals surface area contributed by atoms with E-state index in [0.29, 0.717) is 6.54 Å². The fourth-order valence-electron chi connectivity index (χ4n) is 2.51. The number of nitrogens with two attached hydrogens (primary N) is 1. The summed E-state index contributed by atoms with van der Waals surface area (Å²) in [5.41, 5.74) is 8.26. The molecular formula is C15H19N3S. The van der Waals surface area contributed by atoms with Gasteiger partial charge in [-0.2, -0.15) is 0 Å². The molecule has 1 aromatic heterocycles. The zero-order chi connectivity index (χ0) is 13.1. The van der Waals surface area contributed by atoms with Crippen molar-refractivity contribution in [1.29, 1.82) is 0 Å². The van der Waals surface area contributed by atoms with Crippen molar-refractivity contribution in [1.82, 2.24) is 9.88 Å². The minimum atomic E-state index is 0.695. The van der Waals surface area contributed by atoms with Crippen molar-refractivity contribution in [3.63, 3.8) is 0 Å². The summed E-state index contributed by atoms with van der Waals surface area (Å²) >= 11 is 1.85. The molecule has 100 valence electrons. The molecule has 1 aliphatic rings. The molecule has 3 rings (SSSR count). The lowest BCUT2D eigenvalue weighted by Crippen LogP contribution is -2.29. The molecule has 0 spiro atoms. The number of nitrogens with zero attached hydrogens (tertiary/aromatic N) is 2. The van der Waals surface area contributed by atoms with Crippen molar-refractivity contribution < 1.29 is 0 Å². The van der Waals surface area contributed by atoms with Crippen molar-refractivity contribution in [2.75, 3.05) is 13.1 Å². The van der Waals surface area contributed by atoms with E-state index in [4.69, 9.17) is 10.7 Å². The molecule has 2 N–H and O–H groups in total. The maximum Gasteiger partial charge on any atom is 0.0944 e. The molecule has 2 aromatic rings. The number of benzene rings is 1. The van der Waals surface area contributed by atoms with Crippen LogP contribution in [-0.4, -0.2) is 23.0 Å². The van der Waals surface area contributed by atoms with Crippen LogP contribution in [0.4, 0.5) is 0 Å². The Bertz CT molecular complexity index is 536. The Morgan fingerprint density at radius 3 is 2.89 bits per heavy atom. The summed E-state index contributed by atoms with van der Waals surface area (Å²) < 4.78 is 0. The van der Waals surface area contributed by atoms with E-state index in [2.05, 4.69) is 35.2 Å². The molecule has 0 unspecified atom stereocenters. The molecule has 0 saturated carbocycles. The van der Waals surface area contributed by atoms with Crippen LogP contribution in [-0.2, 0) is 25.9 Å². The molecule has 2 heterocycles. The Balaban J connectivity index is 1.68. The van der Waals surface area contributed by atoms with Crippen LogP contribution in [0.5, 0.6) is 0 Å². The second-order valence-corrected chi connectivity index (χ2v) is 6.13. The molecule has 3 nitrogen and oxygen atoms in total. The van der Waals surface area contributed by atoms with Gasteiger partial charge in [-0.1, -0.05) is 30.3 Å². The Morgan fingerprint density at radius 1 is 1.26 bits per heavy atom. The lowest BCUT2D eigenvalue weighted by atomic mass is 10.1. The first-order valence-corrected chi connectivity index (χ1v) is 7.60. The van der Waals surface area contributed by atoms with Gasteiger partial charge in [-0.15, -0.1) is 11.3 Å². The number of thiazole rings is 1. The van der Waals surface area contributed by atoms with Crippen LogP contribution in [0.1, 0.15) is 21.1 Å². The van der Waals surface area contributed by atoms with E-state index in [1.165, 1.54) is 21.1 Å². The SMILES string of the molecule is NCCc1nc2c(s1)CCN(Cc1ccccc1)C2. The quantitative estimate of drug-likeness (QED) is 0.928. The van der Waals surface area contributed by atoms with Crippen molar-refractivity contribution >= 4 is 11.3 Å². The number of hydrogen-bond donors (Lipinski definition) is 1.